The van der Waals surface area contributed by atoms with Gasteiger partial charge in [0, 0.05) is 24.1 Å². The Kier molecular flexibility index (Phi) is 1.68. The number of hydrogen-bond acceptors (Lipinski definition) is 0. The van der Waals surface area contributed by atoms with Gasteiger partial charge in [0.15, 0.2) is 0 Å². The van der Waals surface area contributed by atoms with Gasteiger partial charge in [0.05, 0.1) is 11.4 Å². The van der Waals surface area contributed by atoms with Gasteiger partial charge in [0.2, 0.25) is 0 Å². The van der Waals surface area contributed by atoms with E-state index >= 15 is 0 Å². The van der Waals surface area contributed by atoms with E-state index in [4.69, 9.17) is 0 Å². The Morgan fingerprint density at radius 3 is 2.67 bits per heavy atom. The molecule has 2 aromatic heterocycles. The molecule has 3 rings (SSSR count). The van der Waals surface area contributed by atoms with Gasteiger partial charge < -0.3 is 9.55 Å². The number of aromatic amines is 1. The van der Waals surface area contributed by atoms with Gasteiger partial charge in [-0.15, -0.1) is 0 Å². The molecule has 1 aromatic carbocycles. The monoisotopic (exact) mass is 196 g/mol. The van der Waals surface area contributed by atoms with Crippen LogP contribution < -0.4 is 0 Å². The Hall–Kier alpha value is -1.96. The SMILES string of the molecule is Cn1cccc1-c1cc2ccccc2[nH]1. The Morgan fingerprint density at radius 1 is 1.07 bits per heavy atom. The van der Waals surface area contributed by atoms with E-state index in [0.717, 1.165) is 0 Å². The first kappa shape index (κ1) is 8.36. The van der Waals surface area contributed by atoms with E-state index in [1.54, 1.807) is 0 Å². The van der Waals surface area contributed by atoms with Crippen molar-refractivity contribution >= 4 is 10.9 Å². The van der Waals surface area contributed by atoms with Crippen molar-refractivity contribution in [3.8, 4) is 11.4 Å². The summed E-state index contributed by atoms with van der Waals surface area (Å²) in [4.78, 5) is 3.42. The van der Waals surface area contributed by atoms with Crippen molar-refractivity contribution in [2.24, 2.45) is 7.05 Å². The minimum absolute atomic E-state index is 1.17. The first-order valence-corrected chi connectivity index (χ1v) is 5.04. The number of aryl methyl sites for hydroxylation is 1. The maximum atomic E-state index is 3.42. The molecule has 0 aliphatic heterocycles. The number of aromatic nitrogens is 2. The van der Waals surface area contributed by atoms with Gasteiger partial charge in [0.1, 0.15) is 0 Å². The lowest BCUT2D eigenvalue weighted by Crippen LogP contribution is -1.88. The van der Waals surface area contributed by atoms with E-state index in [-0.39, 0.29) is 0 Å². The molecule has 0 saturated carbocycles. The van der Waals surface area contributed by atoms with E-state index in [9.17, 15) is 0 Å². The third-order valence-corrected chi connectivity index (χ3v) is 2.75. The second-order valence-electron chi connectivity index (χ2n) is 3.77. The lowest BCUT2D eigenvalue weighted by Gasteiger charge is -1.98. The molecule has 0 aliphatic rings. The van der Waals surface area contributed by atoms with Crippen LogP contribution in [0.3, 0.4) is 0 Å². The fourth-order valence-electron chi connectivity index (χ4n) is 1.95. The fraction of sp³-hybridized carbons (Fsp3) is 0.0769. The van der Waals surface area contributed by atoms with Crippen molar-refractivity contribution in [2.75, 3.05) is 0 Å². The normalized spacial score (nSPS) is 11.0. The highest BCUT2D eigenvalue weighted by Gasteiger charge is 2.04. The predicted octanol–water partition coefficient (Wildman–Crippen LogP) is 3.17. The van der Waals surface area contributed by atoms with Gasteiger partial charge in [-0.3, -0.25) is 0 Å². The largest absolute Gasteiger partial charge is 0.353 e. The number of nitrogens with one attached hydrogen (secondary N) is 1. The highest BCUT2D eigenvalue weighted by molar-refractivity contribution is 5.85. The van der Waals surface area contributed by atoms with Crippen LogP contribution in [0, 0.1) is 0 Å². The molecule has 2 heterocycles. The summed E-state index contributed by atoms with van der Waals surface area (Å²) in [6, 6.07) is 14.7. The Bertz CT molecular complexity index is 569. The number of para-hydroxylation sites is 1. The third kappa shape index (κ3) is 1.26. The van der Waals surface area contributed by atoms with E-state index in [1.165, 1.54) is 22.3 Å². The van der Waals surface area contributed by atoms with Crippen molar-refractivity contribution < 1.29 is 0 Å². The Morgan fingerprint density at radius 2 is 1.93 bits per heavy atom. The van der Waals surface area contributed by atoms with Crippen LogP contribution >= 0.6 is 0 Å². The molecule has 0 aliphatic carbocycles. The number of benzene rings is 1. The van der Waals surface area contributed by atoms with E-state index < -0.39 is 0 Å². The molecule has 0 radical (unpaired) electrons. The standard InChI is InChI=1S/C13H12N2/c1-15-8-4-7-13(15)12-9-10-5-2-3-6-11(10)14-12/h2-9,14H,1H3. The molecule has 15 heavy (non-hydrogen) atoms. The van der Waals surface area contributed by atoms with Crippen molar-refractivity contribution in [3.63, 3.8) is 0 Å². The zero-order chi connectivity index (χ0) is 10.3. The van der Waals surface area contributed by atoms with Gasteiger partial charge >= 0.3 is 0 Å². The summed E-state index contributed by atoms with van der Waals surface area (Å²) in [5, 5.41) is 1.26. The van der Waals surface area contributed by atoms with Crippen LogP contribution in [0.2, 0.25) is 0 Å². The van der Waals surface area contributed by atoms with Crippen molar-refractivity contribution in [1.29, 1.82) is 0 Å². The molecule has 74 valence electrons. The number of nitrogens with zero attached hydrogens (tertiary/aromatic N) is 1. The predicted molar refractivity (Wildman–Crippen MR) is 62.7 cm³/mol. The molecule has 0 bridgehead atoms. The van der Waals surface area contributed by atoms with Gasteiger partial charge in [-0.1, -0.05) is 18.2 Å². The summed E-state index contributed by atoms with van der Waals surface area (Å²) in [7, 11) is 2.06. The van der Waals surface area contributed by atoms with Gasteiger partial charge in [-0.05, 0) is 24.3 Å². The average Bonchev–Trinajstić information content (AvgIpc) is 2.82. The van der Waals surface area contributed by atoms with Crippen LogP contribution in [0.5, 0.6) is 0 Å². The first-order chi connectivity index (χ1) is 7.34. The minimum atomic E-state index is 1.17. The summed E-state index contributed by atoms with van der Waals surface area (Å²) >= 11 is 0. The average molecular weight is 196 g/mol. The van der Waals surface area contributed by atoms with Crippen molar-refractivity contribution in [3.05, 3.63) is 48.7 Å². The van der Waals surface area contributed by atoms with Crippen molar-refractivity contribution in [1.82, 2.24) is 9.55 Å². The molecule has 0 unspecified atom stereocenters. The number of H-pyrrole nitrogens is 1. The topological polar surface area (TPSA) is 20.7 Å². The van der Waals surface area contributed by atoms with Gasteiger partial charge in [-0.2, -0.15) is 0 Å². The van der Waals surface area contributed by atoms with Crippen LogP contribution in [0.15, 0.2) is 48.7 Å². The summed E-state index contributed by atoms with van der Waals surface area (Å²) in [5.41, 5.74) is 3.57. The summed E-state index contributed by atoms with van der Waals surface area (Å²) in [6.45, 7) is 0. The van der Waals surface area contributed by atoms with Gasteiger partial charge in [-0.25, -0.2) is 0 Å². The van der Waals surface area contributed by atoms with E-state index in [2.05, 4.69) is 59.2 Å². The van der Waals surface area contributed by atoms with Crippen LogP contribution in [0.1, 0.15) is 0 Å². The molecule has 1 N–H and O–H groups in total. The van der Waals surface area contributed by atoms with Crippen molar-refractivity contribution in [2.45, 2.75) is 0 Å². The highest BCUT2D eigenvalue weighted by Crippen LogP contribution is 2.23. The summed E-state index contributed by atoms with van der Waals surface area (Å²) in [5.74, 6) is 0. The smallest absolute Gasteiger partial charge is 0.0643 e. The molecule has 3 aromatic rings. The van der Waals surface area contributed by atoms with E-state index in [1.807, 2.05) is 6.07 Å². The Balaban J connectivity index is 2.24. The molecule has 0 fully saturated rings. The van der Waals surface area contributed by atoms with E-state index in [0.29, 0.717) is 0 Å². The number of fused-ring (bicyclic) bond motifs is 1. The summed E-state index contributed by atoms with van der Waals surface area (Å²) < 4.78 is 2.12. The van der Waals surface area contributed by atoms with Crippen LogP contribution in [0.25, 0.3) is 22.3 Å². The lowest BCUT2D eigenvalue weighted by atomic mass is 10.2. The lowest BCUT2D eigenvalue weighted by molar-refractivity contribution is 0.933. The zero-order valence-electron chi connectivity index (χ0n) is 8.57. The second kappa shape index (κ2) is 3.02. The molecular formula is C13H12N2. The number of rotatable bonds is 1. The first-order valence-electron chi connectivity index (χ1n) is 5.04. The van der Waals surface area contributed by atoms with Crippen LogP contribution in [-0.4, -0.2) is 9.55 Å². The number of hydrogen-bond donors (Lipinski definition) is 1. The molecule has 2 nitrogen and oxygen atoms in total. The molecule has 0 saturated heterocycles. The van der Waals surface area contributed by atoms with Crippen LogP contribution in [-0.2, 0) is 7.05 Å². The molecular weight excluding hydrogens is 184 g/mol. The fourth-order valence-corrected chi connectivity index (χ4v) is 1.95. The highest BCUT2D eigenvalue weighted by atomic mass is 14.9. The zero-order valence-corrected chi connectivity index (χ0v) is 8.57. The van der Waals surface area contributed by atoms with Crippen LogP contribution in [0.4, 0.5) is 0 Å². The summed E-state index contributed by atoms with van der Waals surface area (Å²) in [6.07, 6.45) is 2.06. The molecule has 0 spiro atoms. The molecule has 0 amide bonds. The quantitative estimate of drug-likeness (QED) is 0.617. The maximum Gasteiger partial charge on any atom is 0.0643 e. The maximum absolute atomic E-state index is 3.42. The second-order valence-corrected chi connectivity index (χ2v) is 3.77. The Labute approximate surface area is 88.2 Å². The van der Waals surface area contributed by atoms with Gasteiger partial charge in [0.25, 0.3) is 0 Å². The minimum Gasteiger partial charge on any atom is -0.353 e. The molecule has 2 heteroatoms. The molecule has 0 atom stereocenters. The third-order valence-electron chi connectivity index (χ3n) is 2.75.